The van der Waals surface area contributed by atoms with Crippen LogP contribution < -0.4 is 15.3 Å². The maximum atomic E-state index is 12.7. The number of nitrogens with zero attached hydrogens (tertiary/aromatic N) is 2. The molecule has 1 saturated heterocycles. The van der Waals surface area contributed by atoms with E-state index in [4.69, 9.17) is 0 Å². The highest BCUT2D eigenvalue weighted by Crippen LogP contribution is 2.28. The summed E-state index contributed by atoms with van der Waals surface area (Å²) in [5.41, 5.74) is 5.07. The Bertz CT molecular complexity index is 983. The third kappa shape index (κ3) is 3.77. The van der Waals surface area contributed by atoms with Gasteiger partial charge < -0.3 is 9.64 Å². The number of esters is 1. The fourth-order valence-electron chi connectivity index (χ4n) is 2.75. The normalized spacial score (nSPS) is 15.0. The van der Waals surface area contributed by atoms with Gasteiger partial charge in [-0.3, -0.25) is 15.0 Å². The molecule has 0 spiro atoms. The molecule has 1 fully saturated rings. The average molecular weight is 444 g/mol. The molecule has 144 valence electrons. The van der Waals surface area contributed by atoms with Gasteiger partial charge in [-0.05, 0) is 64.0 Å². The van der Waals surface area contributed by atoms with E-state index in [0.29, 0.717) is 11.3 Å². The molecule has 28 heavy (non-hydrogen) atoms. The van der Waals surface area contributed by atoms with Crippen LogP contribution in [0.5, 0.6) is 0 Å². The highest BCUT2D eigenvalue weighted by atomic mass is 79.9. The molecule has 1 aliphatic rings. The number of amides is 2. The van der Waals surface area contributed by atoms with Crippen molar-refractivity contribution in [1.29, 1.82) is 0 Å². The van der Waals surface area contributed by atoms with Gasteiger partial charge in [-0.1, -0.05) is 6.07 Å². The van der Waals surface area contributed by atoms with Crippen LogP contribution in [0.3, 0.4) is 0 Å². The zero-order valence-corrected chi connectivity index (χ0v) is 17.1. The first-order chi connectivity index (χ1) is 13.3. The third-order valence-electron chi connectivity index (χ3n) is 4.20. The van der Waals surface area contributed by atoms with E-state index in [1.807, 2.05) is 37.2 Å². The predicted octanol–water partition coefficient (Wildman–Crippen LogP) is 2.76. The van der Waals surface area contributed by atoms with Crippen LogP contribution in [0.1, 0.15) is 15.9 Å². The van der Waals surface area contributed by atoms with Gasteiger partial charge in [-0.2, -0.15) is 0 Å². The molecule has 0 radical (unpaired) electrons. The molecule has 2 aromatic carbocycles. The number of anilines is 2. The maximum Gasteiger partial charge on any atom is 0.337 e. The first-order valence-electron chi connectivity index (χ1n) is 8.34. The molecular formula is C20H18BrN3O4. The van der Waals surface area contributed by atoms with Crippen LogP contribution in [0.15, 0.2) is 52.5 Å². The molecule has 0 bridgehead atoms. The third-order valence-corrected chi connectivity index (χ3v) is 4.84. The van der Waals surface area contributed by atoms with Crippen LogP contribution >= 0.6 is 15.9 Å². The standard InChI is InChI=1S/C20H18BrN3O4/c1-23(2)17-9-4-12(11-16(17)21)10-15-18(25)22-24(19(15)26)14-7-5-13(6-8-14)20(27)28-3/h4-11H,1-3H3,(H,22,25)/b15-10-. The Morgan fingerprint density at radius 2 is 1.82 bits per heavy atom. The van der Waals surface area contributed by atoms with E-state index in [1.165, 1.54) is 19.2 Å². The van der Waals surface area contributed by atoms with Crippen molar-refractivity contribution in [3.8, 4) is 0 Å². The molecular weight excluding hydrogens is 426 g/mol. The summed E-state index contributed by atoms with van der Waals surface area (Å²) in [7, 11) is 5.14. The zero-order chi connectivity index (χ0) is 20.4. The maximum absolute atomic E-state index is 12.7. The second-order valence-electron chi connectivity index (χ2n) is 6.28. The van der Waals surface area contributed by atoms with E-state index in [2.05, 4.69) is 26.1 Å². The van der Waals surface area contributed by atoms with Crippen LogP contribution in [0.4, 0.5) is 11.4 Å². The summed E-state index contributed by atoms with van der Waals surface area (Å²) < 4.78 is 5.51. The van der Waals surface area contributed by atoms with Crippen molar-refractivity contribution in [3.63, 3.8) is 0 Å². The number of carbonyl (C=O) groups is 3. The van der Waals surface area contributed by atoms with E-state index in [1.54, 1.807) is 18.2 Å². The average Bonchev–Trinajstić information content (AvgIpc) is 2.95. The number of benzene rings is 2. The topological polar surface area (TPSA) is 79.0 Å². The second-order valence-corrected chi connectivity index (χ2v) is 7.14. The summed E-state index contributed by atoms with van der Waals surface area (Å²) in [6, 6.07) is 11.8. The van der Waals surface area contributed by atoms with Gasteiger partial charge in [0.05, 0.1) is 24.0 Å². The van der Waals surface area contributed by atoms with Gasteiger partial charge in [0, 0.05) is 18.6 Å². The van der Waals surface area contributed by atoms with E-state index >= 15 is 0 Å². The first kappa shape index (κ1) is 19.6. The number of halogens is 1. The SMILES string of the molecule is COC(=O)c1ccc(N2NC(=O)/C(=C/c3ccc(N(C)C)c(Br)c3)C2=O)cc1. The monoisotopic (exact) mass is 443 g/mol. The molecule has 2 aromatic rings. The fraction of sp³-hybridized carbons (Fsp3) is 0.150. The Balaban J connectivity index is 1.86. The largest absolute Gasteiger partial charge is 0.465 e. The lowest BCUT2D eigenvalue weighted by atomic mass is 10.1. The van der Waals surface area contributed by atoms with Crippen LogP contribution in [0.25, 0.3) is 6.08 Å². The smallest absolute Gasteiger partial charge is 0.337 e. The van der Waals surface area contributed by atoms with Gasteiger partial charge in [0.2, 0.25) is 0 Å². The van der Waals surface area contributed by atoms with Gasteiger partial charge in [-0.25, -0.2) is 9.80 Å². The fourth-order valence-corrected chi connectivity index (χ4v) is 3.50. The minimum Gasteiger partial charge on any atom is -0.465 e. The van der Waals surface area contributed by atoms with Gasteiger partial charge >= 0.3 is 5.97 Å². The Morgan fingerprint density at radius 1 is 1.14 bits per heavy atom. The molecule has 0 unspecified atom stereocenters. The van der Waals surface area contributed by atoms with Gasteiger partial charge in [0.15, 0.2) is 0 Å². The van der Waals surface area contributed by atoms with Gasteiger partial charge in [-0.15, -0.1) is 0 Å². The summed E-state index contributed by atoms with van der Waals surface area (Å²) in [5, 5.41) is 1.15. The Labute approximate surface area is 170 Å². The minimum atomic E-state index is -0.491. The van der Waals surface area contributed by atoms with E-state index in [9.17, 15) is 14.4 Å². The number of carbonyl (C=O) groups excluding carboxylic acids is 3. The molecule has 1 aliphatic heterocycles. The quantitative estimate of drug-likeness (QED) is 0.446. The summed E-state index contributed by atoms with van der Waals surface area (Å²) in [6.07, 6.45) is 1.55. The van der Waals surface area contributed by atoms with Crippen molar-refractivity contribution >= 4 is 51.2 Å². The van der Waals surface area contributed by atoms with Gasteiger partial charge in [0.1, 0.15) is 5.57 Å². The molecule has 0 atom stereocenters. The van der Waals surface area contributed by atoms with E-state index < -0.39 is 17.8 Å². The summed E-state index contributed by atoms with van der Waals surface area (Å²) >= 11 is 3.50. The number of ether oxygens (including phenoxy) is 1. The molecule has 0 aromatic heterocycles. The number of methoxy groups -OCH3 is 1. The van der Waals surface area contributed by atoms with E-state index in [-0.39, 0.29) is 5.57 Å². The molecule has 0 saturated carbocycles. The lowest BCUT2D eigenvalue weighted by molar-refractivity contribution is -0.117. The molecule has 1 N–H and O–H groups in total. The molecule has 8 heteroatoms. The predicted molar refractivity (Wildman–Crippen MR) is 110 cm³/mol. The van der Waals surface area contributed by atoms with Crippen LogP contribution in [0, 0.1) is 0 Å². The number of hydrogen-bond acceptors (Lipinski definition) is 5. The molecule has 2 amide bonds. The number of nitrogens with one attached hydrogen (secondary N) is 1. The highest BCUT2D eigenvalue weighted by molar-refractivity contribution is 9.10. The lowest BCUT2D eigenvalue weighted by Crippen LogP contribution is -2.35. The van der Waals surface area contributed by atoms with Crippen molar-refractivity contribution in [2.45, 2.75) is 0 Å². The Kier molecular flexibility index (Phi) is 5.51. The number of rotatable bonds is 4. The molecule has 1 heterocycles. The summed E-state index contributed by atoms with van der Waals surface area (Å²) in [4.78, 5) is 38.5. The number of hydrazine groups is 1. The Hall–Kier alpha value is -3.13. The zero-order valence-electron chi connectivity index (χ0n) is 15.5. The van der Waals surface area contributed by atoms with Crippen molar-refractivity contribution in [2.75, 3.05) is 31.1 Å². The van der Waals surface area contributed by atoms with Crippen LogP contribution in [-0.2, 0) is 14.3 Å². The Morgan fingerprint density at radius 3 is 2.39 bits per heavy atom. The van der Waals surface area contributed by atoms with Crippen LogP contribution in [-0.4, -0.2) is 39.0 Å². The van der Waals surface area contributed by atoms with Crippen molar-refractivity contribution in [2.24, 2.45) is 0 Å². The minimum absolute atomic E-state index is 0.0292. The first-order valence-corrected chi connectivity index (χ1v) is 9.13. The van der Waals surface area contributed by atoms with Crippen molar-refractivity contribution in [3.05, 3.63) is 63.6 Å². The summed E-state index contributed by atoms with van der Waals surface area (Å²) in [5.74, 6) is -1.44. The van der Waals surface area contributed by atoms with Crippen molar-refractivity contribution < 1.29 is 19.1 Å². The van der Waals surface area contributed by atoms with Crippen LogP contribution in [0.2, 0.25) is 0 Å². The van der Waals surface area contributed by atoms with Gasteiger partial charge in [0.25, 0.3) is 11.8 Å². The molecule has 7 nitrogen and oxygen atoms in total. The highest BCUT2D eigenvalue weighted by Gasteiger charge is 2.34. The molecule has 0 aliphatic carbocycles. The van der Waals surface area contributed by atoms with E-state index in [0.717, 1.165) is 20.7 Å². The molecule has 3 rings (SSSR count). The summed E-state index contributed by atoms with van der Waals surface area (Å²) in [6.45, 7) is 0. The van der Waals surface area contributed by atoms with Crippen molar-refractivity contribution in [1.82, 2.24) is 5.43 Å². The number of hydrogen-bond donors (Lipinski definition) is 1. The second kappa shape index (κ2) is 7.85. The lowest BCUT2D eigenvalue weighted by Gasteiger charge is -2.15.